The van der Waals surface area contributed by atoms with Crippen molar-refractivity contribution < 1.29 is 0 Å². The summed E-state index contributed by atoms with van der Waals surface area (Å²) in [5, 5.41) is 4.41. The van der Waals surface area contributed by atoms with Crippen molar-refractivity contribution in [1.82, 2.24) is 14.7 Å². The molecule has 1 aliphatic rings. The molecule has 1 saturated heterocycles. The topological polar surface area (TPSA) is 47.1 Å². The molecule has 0 saturated carbocycles. The third-order valence-electron chi connectivity index (χ3n) is 3.97. The number of likely N-dealkylation sites (tertiary alicyclic amines) is 1. The Balaban J connectivity index is 2.00. The summed E-state index contributed by atoms with van der Waals surface area (Å²) in [6.07, 6.45) is 9.16. The molecule has 4 heteroatoms. The molecule has 0 aromatic carbocycles. The van der Waals surface area contributed by atoms with Crippen LogP contribution in [0.25, 0.3) is 0 Å². The fourth-order valence-corrected chi connectivity index (χ4v) is 2.93. The van der Waals surface area contributed by atoms with Crippen molar-refractivity contribution in [2.75, 3.05) is 6.54 Å². The summed E-state index contributed by atoms with van der Waals surface area (Å²) in [5.41, 5.74) is 7.22. The lowest BCUT2D eigenvalue weighted by atomic mass is 9.96. The van der Waals surface area contributed by atoms with Crippen LogP contribution >= 0.6 is 0 Å². The zero-order chi connectivity index (χ0) is 13.0. The van der Waals surface area contributed by atoms with Crippen LogP contribution in [0.2, 0.25) is 0 Å². The molecule has 1 aromatic rings. The minimum absolute atomic E-state index is 0.545. The lowest BCUT2D eigenvalue weighted by molar-refractivity contribution is 0.0892. The molecule has 102 valence electrons. The van der Waals surface area contributed by atoms with Crippen LogP contribution in [0.5, 0.6) is 0 Å². The van der Waals surface area contributed by atoms with Gasteiger partial charge in [-0.2, -0.15) is 5.10 Å². The van der Waals surface area contributed by atoms with E-state index in [-0.39, 0.29) is 0 Å². The maximum atomic E-state index is 5.90. The number of piperidine rings is 1. The van der Waals surface area contributed by atoms with Crippen molar-refractivity contribution in [2.45, 2.75) is 64.7 Å². The Labute approximate surface area is 110 Å². The zero-order valence-electron chi connectivity index (χ0n) is 11.7. The van der Waals surface area contributed by atoms with Gasteiger partial charge in [0, 0.05) is 43.5 Å². The van der Waals surface area contributed by atoms with Gasteiger partial charge in [0.1, 0.15) is 0 Å². The van der Waals surface area contributed by atoms with E-state index in [1.54, 1.807) is 0 Å². The largest absolute Gasteiger partial charge is 0.329 e. The van der Waals surface area contributed by atoms with Crippen molar-refractivity contribution in [2.24, 2.45) is 5.73 Å². The molecule has 2 atom stereocenters. The second kappa shape index (κ2) is 6.34. The predicted octanol–water partition coefficient (Wildman–Crippen LogP) is 1.99. The van der Waals surface area contributed by atoms with E-state index in [9.17, 15) is 0 Å². The Morgan fingerprint density at radius 2 is 2.28 bits per heavy atom. The first-order valence-corrected chi connectivity index (χ1v) is 7.21. The van der Waals surface area contributed by atoms with Gasteiger partial charge in [-0.1, -0.05) is 13.3 Å². The molecule has 2 rings (SSSR count). The summed E-state index contributed by atoms with van der Waals surface area (Å²) < 4.78 is 2.04. The molecule has 0 amide bonds. The highest BCUT2D eigenvalue weighted by molar-refractivity contribution is 5.05. The standard InChI is InChI=1S/C14H26N4/c1-3-7-17-10-13(9-16-17)11-18-12(2)5-4-6-14(18)8-15/h9-10,12,14H,3-8,11,15H2,1-2H3. The summed E-state index contributed by atoms with van der Waals surface area (Å²) in [6, 6.07) is 1.19. The number of rotatable bonds is 5. The minimum Gasteiger partial charge on any atom is -0.329 e. The molecule has 18 heavy (non-hydrogen) atoms. The second-order valence-corrected chi connectivity index (χ2v) is 5.45. The Morgan fingerprint density at radius 3 is 3.00 bits per heavy atom. The van der Waals surface area contributed by atoms with Crippen molar-refractivity contribution in [1.29, 1.82) is 0 Å². The van der Waals surface area contributed by atoms with Gasteiger partial charge in [-0.3, -0.25) is 9.58 Å². The number of nitrogens with zero attached hydrogens (tertiary/aromatic N) is 3. The van der Waals surface area contributed by atoms with E-state index in [4.69, 9.17) is 5.73 Å². The van der Waals surface area contributed by atoms with Crippen LogP contribution < -0.4 is 5.73 Å². The highest BCUT2D eigenvalue weighted by Gasteiger charge is 2.26. The molecule has 2 heterocycles. The van der Waals surface area contributed by atoms with Crippen LogP contribution in [0.3, 0.4) is 0 Å². The van der Waals surface area contributed by atoms with Crippen LogP contribution in [0, 0.1) is 0 Å². The first kappa shape index (κ1) is 13.6. The highest BCUT2D eigenvalue weighted by Crippen LogP contribution is 2.24. The van der Waals surface area contributed by atoms with Crippen LogP contribution in [0.1, 0.15) is 45.1 Å². The van der Waals surface area contributed by atoms with Gasteiger partial charge < -0.3 is 5.73 Å². The molecule has 2 unspecified atom stereocenters. The first-order valence-electron chi connectivity index (χ1n) is 7.21. The van der Waals surface area contributed by atoms with E-state index in [1.807, 2.05) is 10.9 Å². The van der Waals surface area contributed by atoms with E-state index >= 15 is 0 Å². The van der Waals surface area contributed by atoms with Crippen LogP contribution in [0.15, 0.2) is 12.4 Å². The predicted molar refractivity (Wildman–Crippen MR) is 74.2 cm³/mol. The molecule has 1 fully saturated rings. The molecule has 2 N–H and O–H groups in total. The monoisotopic (exact) mass is 250 g/mol. The number of hydrogen-bond acceptors (Lipinski definition) is 3. The maximum Gasteiger partial charge on any atom is 0.0534 e. The number of hydrogen-bond donors (Lipinski definition) is 1. The van der Waals surface area contributed by atoms with E-state index < -0.39 is 0 Å². The summed E-state index contributed by atoms with van der Waals surface area (Å²) in [7, 11) is 0. The second-order valence-electron chi connectivity index (χ2n) is 5.45. The van der Waals surface area contributed by atoms with Gasteiger partial charge in [-0.05, 0) is 26.2 Å². The van der Waals surface area contributed by atoms with Crippen LogP contribution in [-0.4, -0.2) is 33.3 Å². The van der Waals surface area contributed by atoms with Gasteiger partial charge in [0.2, 0.25) is 0 Å². The van der Waals surface area contributed by atoms with E-state index in [0.717, 1.165) is 26.1 Å². The Kier molecular flexibility index (Phi) is 4.78. The molecule has 0 bridgehead atoms. The van der Waals surface area contributed by atoms with Crippen molar-refractivity contribution in [3.8, 4) is 0 Å². The zero-order valence-corrected chi connectivity index (χ0v) is 11.7. The van der Waals surface area contributed by atoms with E-state index in [2.05, 4.69) is 30.0 Å². The summed E-state index contributed by atoms with van der Waals surface area (Å²) in [6.45, 7) is 7.27. The normalized spacial score (nSPS) is 25.5. The number of nitrogens with two attached hydrogens (primary N) is 1. The molecule has 0 radical (unpaired) electrons. The Hall–Kier alpha value is -0.870. The highest BCUT2D eigenvalue weighted by atomic mass is 15.3. The third kappa shape index (κ3) is 3.12. The van der Waals surface area contributed by atoms with Gasteiger partial charge in [0.05, 0.1) is 6.20 Å². The van der Waals surface area contributed by atoms with E-state index in [0.29, 0.717) is 12.1 Å². The van der Waals surface area contributed by atoms with E-state index in [1.165, 1.54) is 24.8 Å². The fourth-order valence-electron chi connectivity index (χ4n) is 2.93. The molecular formula is C14H26N4. The van der Waals surface area contributed by atoms with Crippen molar-refractivity contribution >= 4 is 0 Å². The van der Waals surface area contributed by atoms with Gasteiger partial charge in [0.25, 0.3) is 0 Å². The molecule has 1 aromatic heterocycles. The minimum atomic E-state index is 0.545. The van der Waals surface area contributed by atoms with Crippen molar-refractivity contribution in [3.05, 3.63) is 18.0 Å². The first-order chi connectivity index (χ1) is 8.74. The number of aromatic nitrogens is 2. The van der Waals surface area contributed by atoms with Gasteiger partial charge in [-0.15, -0.1) is 0 Å². The summed E-state index contributed by atoms with van der Waals surface area (Å²) >= 11 is 0. The third-order valence-corrected chi connectivity index (χ3v) is 3.97. The fraction of sp³-hybridized carbons (Fsp3) is 0.786. The Bertz CT molecular complexity index is 360. The molecule has 1 aliphatic heterocycles. The average Bonchev–Trinajstić information content (AvgIpc) is 2.80. The SMILES string of the molecule is CCCn1cc(CN2C(C)CCCC2CN)cn1. The summed E-state index contributed by atoms with van der Waals surface area (Å²) in [5.74, 6) is 0. The average molecular weight is 250 g/mol. The van der Waals surface area contributed by atoms with Crippen molar-refractivity contribution in [3.63, 3.8) is 0 Å². The Morgan fingerprint density at radius 1 is 1.44 bits per heavy atom. The van der Waals surface area contributed by atoms with Gasteiger partial charge in [-0.25, -0.2) is 0 Å². The number of aryl methyl sites for hydroxylation is 1. The summed E-state index contributed by atoms with van der Waals surface area (Å²) in [4.78, 5) is 2.55. The van der Waals surface area contributed by atoms with Crippen LogP contribution in [0.4, 0.5) is 0 Å². The molecule has 4 nitrogen and oxygen atoms in total. The smallest absolute Gasteiger partial charge is 0.0534 e. The maximum absolute atomic E-state index is 5.90. The van der Waals surface area contributed by atoms with Gasteiger partial charge >= 0.3 is 0 Å². The lowest BCUT2D eigenvalue weighted by Gasteiger charge is -2.40. The molecular weight excluding hydrogens is 224 g/mol. The van der Waals surface area contributed by atoms with Crippen LogP contribution in [-0.2, 0) is 13.1 Å². The van der Waals surface area contributed by atoms with Gasteiger partial charge in [0.15, 0.2) is 0 Å². The molecule has 0 spiro atoms. The quantitative estimate of drug-likeness (QED) is 0.869. The molecule has 0 aliphatic carbocycles. The lowest BCUT2D eigenvalue weighted by Crippen LogP contribution is -2.48.